The molecule has 1 saturated carbocycles. The molecule has 4 fully saturated rings. The Bertz CT molecular complexity index is 1250. The summed E-state index contributed by atoms with van der Waals surface area (Å²) in [5, 5.41) is 6.31. The van der Waals surface area contributed by atoms with Crippen molar-refractivity contribution in [3.05, 3.63) is 35.2 Å². The van der Waals surface area contributed by atoms with Gasteiger partial charge in [-0.05, 0) is 38.3 Å². The molecular formula is C29H37N5O4S2. The van der Waals surface area contributed by atoms with Gasteiger partial charge in [0.15, 0.2) is 10.9 Å². The van der Waals surface area contributed by atoms with Crippen molar-refractivity contribution in [2.75, 3.05) is 57.5 Å². The lowest BCUT2D eigenvalue weighted by atomic mass is 9.80. The van der Waals surface area contributed by atoms with Gasteiger partial charge in [0.1, 0.15) is 18.2 Å². The number of Topliss-reactive ketones (excluding diaryl/α,β-unsaturated/α-hetero) is 1. The number of fused-ring (bicyclic) bond motifs is 1. The van der Waals surface area contributed by atoms with E-state index in [1.807, 2.05) is 30.5 Å². The highest BCUT2D eigenvalue weighted by Gasteiger charge is 2.56. The fourth-order valence-electron chi connectivity index (χ4n) is 6.47. The first kappa shape index (κ1) is 27.7. The number of anilines is 1. The number of nitrogens with zero attached hydrogens (tertiary/aromatic N) is 4. The summed E-state index contributed by atoms with van der Waals surface area (Å²) in [6.07, 6.45) is 5.64. The molecule has 9 nitrogen and oxygen atoms in total. The summed E-state index contributed by atoms with van der Waals surface area (Å²) in [4.78, 5) is 51.5. The summed E-state index contributed by atoms with van der Waals surface area (Å²) in [5.74, 6) is -0.438. The van der Waals surface area contributed by atoms with E-state index in [1.54, 1.807) is 28.0 Å². The SMILES string of the molecule is CS[C@H]1CN(C(=O)C2(NC(=O)c3ccc(-c4csc(N5CCN(C)CC5)n4)cc3)CCCCC2)[C@@H]2C(=O)CO[C@@H]12. The number of amides is 2. The highest BCUT2D eigenvalue weighted by molar-refractivity contribution is 7.99. The van der Waals surface area contributed by atoms with Gasteiger partial charge < -0.3 is 24.8 Å². The Labute approximate surface area is 243 Å². The van der Waals surface area contributed by atoms with Crippen molar-refractivity contribution < 1.29 is 19.1 Å². The summed E-state index contributed by atoms with van der Waals surface area (Å²) in [5.41, 5.74) is 1.38. The van der Waals surface area contributed by atoms with Gasteiger partial charge in [0.2, 0.25) is 5.91 Å². The van der Waals surface area contributed by atoms with E-state index in [0.717, 1.165) is 61.8 Å². The zero-order valence-corrected chi connectivity index (χ0v) is 24.8. The van der Waals surface area contributed by atoms with Crippen molar-refractivity contribution >= 4 is 45.8 Å². The Balaban J connectivity index is 1.17. The zero-order valence-electron chi connectivity index (χ0n) is 23.1. The maximum Gasteiger partial charge on any atom is 0.252 e. The molecule has 3 saturated heterocycles. The van der Waals surface area contributed by atoms with E-state index < -0.39 is 11.6 Å². The average Bonchev–Trinajstić information content (AvgIpc) is 3.71. The molecule has 3 aliphatic heterocycles. The number of carbonyl (C=O) groups excluding carboxylic acids is 3. The molecule has 2 aromatic rings. The number of hydrogen-bond donors (Lipinski definition) is 1. The third-order valence-electron chi connectivity index (χ3n) is 8.88. The molecule has 1 aromatic heterocycles. The second kappa shape index (κ2) is 11.4. The van der Waals surface area contributed by atoms with Gasteiger partial charge in [-0.15, -0.1) is 11.3 Å². The van der Waals surface area contributed by atoms with Crippen molar-refractivity contribution in [3.63, 3.8) is 0 Å². The van der Waals surface area contributed by atoms with Crippen molar-refractivity contribution in [3.8, 4) is 11.3 Å². The number of thioether (sulfide) groups is 1. The maximum atomic E-state index is 14.1. The summed E-state index contributed by atoms with van der Waals surface area (Å²) < 4.78 is 5.77. The second-order valence-electron chi connectivity index (χ2n) is 11.4. The Hall–Kier alpha value is -2.47. The third-order valence-corrected chi connectivity index (χ3v) is 10.8. The van der Waals surface area contributed by atoms with Crippen LogP contribution in [0.15, 0.2) is 29.6 Å². The first-order chi connectivity index (χ1) is 19.4. The number of thiazole rings is 1. The molecule has 1 N–H and O–H groups in total. The predicted molar refractivity (Wildman–Crippen MR) is 158 cm³/mol. The predicted octanol–water partition coefficient (Wildman–Crippen LogP) is 2.90. The molecule has 40 heavy (non-hydrogen) atoms. The number of carbonyl (C=O) groups is 3. The Morgan fingerprint density at radius 3 is 2.52 bits per heavy atom. The number of rotatable bonds is 6. The monoisotopic (exact) mass is 583 g/mol. The highest BCUT2D eigenvalue weighted by atomic mass is 32.2. The fourth-order valence-corrected chi connectivity index (χ4v) is 8.17. The van der Waals surface area contributed by atoms with Crippen LogP contribution in [0.4, 0.5) is 5.13 Å². The average molecular weight is 584 g/mol. The number of aromatic nitrogens is 1. The number of likely N-dealkylation sites (N-methyl/N-ethyl adjacent to an activating group) is 1. The van der Waals surface area contributed by atoms with E-state index in [2.05, 4.69) is 27.5 Å². The van der Waals surface area contributed by atoms with Crippen molar-refractivity contribution in [2.24, 2.45) is 0 Å². The van der Waals surface area contributed by atoms with Crippen LogP contribution in [0.3, 0.4) is 0 Å². The topological polar surface area (TPSA) is 95.1 Å². The van der Waals surface area contributed by atoms with E-state index in [1.165, 1.54) is 0 Å². The normalized spacial score (nSPS) is 26.6. The molecule has 0 bridgehead atoms. The number of ether oxygens (including phenoxy) is 1. The van der Waals surface area contributed by atoms with Crippen LogP contribution in [0.5, 0.6) is 0 Å². The standard InChI is InChI=1S/C29H37N5O4S2/c1-32-12-14-33(15-13-32)28-30-21(18-40-28)19-6-8-20(9-7-19)26(36)31-29(10-4-3-5-11-29)27(37)34-16-23(39-2)25-24(34)22(35)17-38-25/h6-9,18,23-25H,3-5,10-17H2,1-2H3,(H,31,36)/t23-,24+,25-/m0/s1. The molecule has 4 aliphatic rings. The van der Waals surface area contributed by atoms with E-state index in [0.29, 0.717) is 24.9 Å². The Morgan fingerprint density at radius 2 is 1.82 bits per heavy atom. The number of hydrogen-bond acceptors (Lipinski definition) is 9. The molecule has 1 aliphatic carbocycles. The van der Waals surface area contributed by atoms with Crippen LogP contribution in [0, 0.1) is 0 Å². The van der Waals surface area contributed by atoms with Gasteiger partial charge in [-0.2, -0.15) is 11.8 Å². The third kappa shape index (κ3) is 5.17. The molecule has 0 unspecified atom stereocenters. The quantitative estimate of drug-likeness (QED) is 0.555. The van der Waals surface area contributed by atoms with Crippen LogP contribution in [-0.4, -0.2) is 108 Å². The van der Waals surface area contributed by atoms with Gasteiger partial charge >= 0.3 is 0 Å². The second-order valence-corrected chi connectivity index (χ2v) is 13.3. The van der Waals surface area contributed by atoms with Gasteiger partial charge in [0.05, 0.1) is 17.0 Å². The van der Waals surface area contributed by atoms with Crippen LogP contribution in [0.1, 0.15) is 42.5 Å². The zero-order chi connectivity index (χ0) is 27.9. The molecule has 3 atom stereocenters. The molecule has 4 heterocycles. The van der Waals surface area contributed by atoms with Crippen LogP contribution in [0.2, 0.25) is 0 Å². The van der Waals surface area contributed by atoms with E-state index in [9.17, 15) is 14.4 Å². The molecular weight excluding hydrogens is 546 g/mol. The summed E-state index contributed by atoms with van der Waals surface area (Å²) in [6.45, 7) is 4.53. The number of benzene rings is 1. The van der Waals surface area contributed by atoms with Crippen molar-refractivity contribution in [1.82, 2.24) is 20.1 Å². The first-order valence-corrected chi connectivity index (χ1v) is 16.4. The fraction of sp³-hybridized carbons (Fsp3) is 0.586. The largest absolute Gasteiger partial charge is 0.367 e. The van der Waals surface area contributed by atoms with Gasteiger partial charge in [-0.1, -0.05) is 31.4 Å². The molecule has 0 radical (unpaired) electrons. The summed E-state index contributed by atoms with van der Waals surface area (Å²) in [7, 11) is 2.14. The van der Waals surface area contributed by atoms with Crippen molar-refractivity contribution in [1.29, 1.82) is 0 Å². The van der Waals surface area contributed by atoms with Gasteiger partial charge in [0, 0.05) is 49.2 Å². The minimum atomic E-state index is -0.999. The van der Waals surface area contributed by atoms with E-state index >= 15 is 0 Å². The molecule has 6 rings (SSSR count). The maximum absolute atomic E-state index is 14.1. The van der Waals surface area contributed by atoms with Crippen LogP contribution in [0.25, 0.3) is 11.3 Å². The molecule has 11 heteroatoms. The van der Waals surface area contributed by atoms with Gasteiger partial charge in [-0.3, -0.25) is 14.4 Å². The molecule has 1 aromatic carbocycles. The summed E-state index contributed by atoms with van der Waals surface area (Å²) >= 11 is 3.28. The first-order valence-electron chi connectivity index (χ1n) is 14.2. The lowest BCUT2D eigenvalue weighted by molar-refractivity contribution is -0.143. The van der Waals surface area contributed by atoms with Gasteiger partial charge in [0.25, 0.3) is 5.91 Å². The number of ketones is 1. The highest BCUT2D eigenvalue weighted by Crippen LogP contribution is 2.38. The Kier molecular flexibility index (Phi) is 7.91. The van der Waals surface area contributed by atoms with Gasteiger partial charge in [-0.25, -0.2) is 4.98 Å². The molecule has 214 valence electrons. The lowest BCUT2D eigenvalue weighted by Gasteiger charge is -2.40. The van der Waals surface area contributed by atoms with E-state index in [-0.39, 0.29) is 35.6 Å². The van der Waals surface area contributed by atoms with Crippen molar-refractivity contribution in [2.45, 2.75) is 55.0 Å². The minimum absolute atomic E-state index is 0.0411. The smallest absolute Gasteiger partial charge is 0.252 e. The number of nitrogens with one attached hydrogen (secondary N) is 1. The van der Waals surface area contributed by atoms with E-state index in [4.69, 9.17) is 9.72 Å². The number of piperazine rings is 1. The molecule has 2 amide bonds. The van der Waals surface area contributed by atoms with Crippen LogP contribution in [-0.2, 0) is 14.3 Å². The summed E-state index contributed by atoms with van der Waals surface area (Å²) in [6, 6.07) is 6.93. The minimum Gasteiger partial charge on any atom is -0.367 e. The van der Waals surface area contributed by atoms with Crippen LogP contribution < -0.4 is 10.2 Å². The lowest BCUT2D eigenvalue weighted by Crippen LogP contribution is -2.62. The number of likely N-dealkylation sites (tertiary alicyclic amines) is 1. The van der Waals surface area contributed by atoms with Crippen LogP contribution >= 0.6 is 23.1 Å². The Morgan fingerprint density at radius 1 is 1.10 bits per heavy atom. The molecule has 0 spiro atoms.